The molecule has 0 saturated carbocycles. The van der Waals surface area contributed by atoms with E-state index in [0.29, 0.717) is 6.04 Å². The lowest BCUT2D eigenvalue weighted by molar-refractivity contribution is 0.102. The Hall–Kier alpha value is -1.06. The van der Waals surface area contributed by atoms with Gasteiger partial charge in [0.25, 0.3) is 0 Å². The topological polar surface area (TPSA) is 38.5 Å². The first-order valence-corrected chi connectivity index (χ1v) is 6.74. The van der Waals surface area contributed by atoms with Gasteiger partial charge in [-0.05, 0) is 50.6 Å². The quantitative estimate of drug-likeness (QED) is 0.721. The van der Waals surface area contributed by atoms with Crippen LogP contribution in [-0.2, 0) is 11.2 Å². The van der Waals surface area contributed by atoms with E-state index in [0.717, 1.165) is 31.8 Å². The summed E-state index contributed by atoms with van der Waals surface area (Å²) in [5.41, 5.74) is 7.87. The van der Waals surface area contributed by atoms with Gasteiger partial charge in [-0.2, -0.15) is 0 Å². The van der Waals surface area contributed by atoms with Gasteiger partial charge in [-0.1, -0.05) is 19.1 Å². The standard InChI is InChI=1S/C15H26N2O/c1-4-17(13(2)12-18-3)11-5-6-14-7-9-15(16)10-8-14/h7-10,13H,4-6,11-12,16H2,1-3H3. The summed E-state index contributed by atoms with van der Waals surface area (Å²) >= 11 is 0. The van der Waals surface area contributed by atoms with E-state index in [2.05, 4.69) is 30.9 Å². The van der Waals surface area contributed by atoms with Gasteiger partial charge >= 0.3 is 0 Å². The highest BCUT2D eigenvalue weighted by molar-refractivity contribution is 5.39. The van der Waals surface area contributed by atoms with Crippen LogP contribution in [0, 0.1) is 0 Å². The highest BCUT2D eigenvalue weighted by Gasteiger charge is 2.10. The average Bonchev–Trinajstić information content (AvgIpc) is 2.37. The molecule has 0 saturated heterocycles. The van der Waals surface area contributed by atoms with Crippen molar-refractivity contribution in [1.29, 1.82) is 0 Å². The van der Waals surface area contributed by atoms with Crippen molar-refractivity contribution in [3.63, 3.8) is 0 Å². The molecule has 1 aromatic carbocycles. The van der Waals surface area contributed by atoms with Gasteiger partial charge in [0.1, 0.15) is 0 Å². The van der Waals surface area contributed by atoms with Crippen molar-refractivity contribution >= 4 is 5.69 Å². The van der Waals surface area contributed by atoms with Gasteiger partial charge in [0.05, 0.1) is 6.61 Å². The summed E-state index contributed by atoms with van der Waals surface area (Å²) < 4.78 is 5.21. The normalized spacial score (nSPS) is 12.9. The lowest BCUT2D eigenvalue weighted by atomic mass is 10.1. The van der Waals surface area contributed by atoms with Gasteiger partial charge < -0.3 is 10.5 Å². The fourth-order valence-electron chi connectivity index (χ4n) is 2.21. The summed E-state index contributed by atoms with van der Waals surface area (Å²) in [6.07, 6.45) is 2.28. The number of ether oxygens (including phenoxy) is 1. The van der Waals surface area contributed by atoms with E-state index >= 15 is 0 Å². The molecule has 1 aromatic rings. The zero-order valence-electron chi connectivity index (χ0n) is 11.9. The Balaban J connectivity index is 2.32. The summed E-state index contributed by atoms with van der Waals surface area (Å²) in [5.74, 6) is 0. The summed E-state index contributed by atoms with van der Waals surface area (Å²) in [6, 6.07) is 8.67. The second-order valence-corrected chi connectivity index (χ2v) is 4.78. The lowest BCUT2D eigenvalue weighted by Gasteiger charge is -2.27. The lowest BCUT2D eigenvalue weighted by Crippen LogP contribution is -2.36. The van der Waals surface area contributed by atoms with E-state index < -0.39 is 0 Å². The molecule has 0 aliphatic heterocycles. The number of nitrogens with two attached hydrogens (primary N) is 1. The van der Waals surface area contributed by atoms with Crippen LogP contribution in [0.3, 0.4) is 0 Å². The minimum absolute atomic E-state index is 0.492. The number of rotatable bonds is 8. The van der Waals surface area contributed by atoms with Crippen LogP contribution in [-0.4, -0.2) is 37.7 Å². The first kappa shape index (κ1) is 15.0. The van der Waals surface area contributed by atoms with E-state index in [1.165, 1.54) is 12.0 Å². The first-order chi connectivity index (χ1) is 8.67. The van der Waals surface area contributed by atoms with E-state index in [1.54, 1.807) is 7.11 Å². The number of benzene rings is 1. The second kappa shape index (κ2) is 8.11. The minimum Gasteiger partial charge on any atom is -0.399 e. The molecule has 0 radical (unpaired) electrons. The molecule has 0 aromatic heterocycles. The predicted octanol–water partition coefficient (Wildman–Crippen LogP) is 2.56. The molecule has 0 heterocycles. The number of anilines is 1. The zero-order valence-corrected chi connectivity index (χ0v) is 11.9. The van der Waals surface area contributed by atoms with Crippen LogP contribution < -0.4 is 5.73 Å². The SMILES string of the molecule is CCN(CCCc1ccc(N)cc1)C(C)COC. The second-order valence-electron chi connectivity index (χ2n) is 4.78. The monoisotopic (exact) mass is 250 g/mol. The number of hydrogen-bond acceptors (Lipinski definition) is 3. The van der Waals surface area contributed by atoms with Crippen LogP contribution in [0.4, 0.5) is 5.69 Å². The Morgan fingerprint density at radius 2 is 1.94 bits per heavy atom. The zero-order chi connectivity index (χ0) is 13.4. The maximum absolute atomic E-state index is 5.68. The molecule has 0 aliphatic rings. The van der Waals surface area contributed by atoms with Gasteiger partial charge in [0.15, 0.2) is 0 Å². The van der Waals surface area contributed by atoms with Crippen molar-refractivity contribution in [2.45, 2.75) is 32.7 Å². The molecular formula is C15H26N2O. The maximum atomic E-state index is 5.68. The molecule has 18 heavy (non-hydrogen) atoms. The van der Waals surface area contributed by atoms with Crippen molar-refractivity contribution in [3.05, 3.63) is 29.8 Å². The minimum atomic E-state index is 0.492. The maximum Gasteiger partial charge on any atom is 0.0615 e. The average molecular weight is 250 g/mol. The largest absolute Gasteiger partial charge is 0.399 e. The highest BCUT2D eigenvalue weighted by atomic mass is 16.5. The van der Waals surface area contributed by atoms with Crippen LogP contribution in [0.1, 0.15) is 25.8 Å². The van der Waals surface area contributed by atoms with Gasteiger partial charge in [0.2, 0.25) is 0 Å². The predicted molar refractivity (Wildman–Crippen MR) is 77.8 cm³/mol. The molecule has 102 valence electrons. The number of nitrogen functional groups attached to an aromatic ring is 1. The first-order valence-electron chi connectivity index (χ1n) is 6.74. The number of hydrogen-bond donors (Lipinski definition) is 1. The van der Waals surface area contributed by atoms with Crippen LogP contribution in [0.2, 0.25) is 0 Å². The third-order valence-electron chi connectivity index (χ3n) is 3.33. The van der Waals surface area contributed by atoms with Crippen molar-refractivity contribution < 1.29 is 4.74 Å². The summed E-state index contributed by atoms with van der Waals surface area (Å²) in [6.45, 7) is 7.42. The Morgan fingerprint density at radius 3 is 2.50 bits per heavy atom. The molecule has 1 rings (SSSR count). The van der Waals surface area contributed by atoms with Gasteiger partial charge in [-0.25, -0.2) is 0 Å². The third kappa shape index (κ3) is 5.07. The summed E-state index contributed by atoms with van der Waals surface area (Å²) in [7, 11) is 1.76. The van der Waals surface area contributed by atoms with Gasteiger partial charge in [-0.15, -0.1) is 0 Å². The molecule has 0 amide bonds. The van der Waals surface area contributed by atoms with E-state index in [1.807, 2.05) is 12.1 Å². The molecule has 0 aliphatic carbocycles. The Kier molecular flexibility index (Phi) is 6.76. The fraction of sp³-hybridized carbons (Fsp3) is 0.600. The fourth-order valence-corrected chi connectivity index (χ4v) is 2.21. The van der Waals surface area contributed by atoms with Crippen molar-refractivity contribution in [2.75, 3.05) is 32.5 Å². The molecule has 0 fully saturated rings. The number of nitrogens with zero attached hydrogens (tertiary/aromatic N) is 1. The third-order valence-corrected chi connectivity index (χ3v) is 3.33. The Morgan fingerprint density at radius 1 is 1.28 bits per heavy atom. The van der Waals surface area contributed by atoms with Crippen LogP contribution in [0.25, 0.3) is 0 Å². The van der Waals surface area contributed by atoms with E-state index in [9.17, 15) is 0 Å². The van der Waals surface area contributed by atoms with Crippen molar-refractivity contribution in [1.82, 2.24) is 4.90 Å². The van der Waals surface area contributed by atoms with Gasteiger partial charge in [-0.3, -0.25) is 4.90 Å². The molecule has 1 unspecified atom stereocenters. The molecule has 2 N–H and O–H groups in total. The van der Waals surface area contributed by atoms with Crippen LogP contribution in [0.15, 0.2) is 24.3 Å². The van der Waals surface area contributed by atoms with Gasteiger partial charge in [0, 0.05) is 18.8 Å². The molecule has 0 spiro atoms. The number of methoxy groups -OCH3 is 1. The number of likely N-dealkylation sites (N-methyl/N-ethyl adjacent to an activating group) is 1. The van der Waals surface area contributed by atoms with E-state index in [4.69, 9.17) is 10.5 Å². The van der Waals surface area contributed by atoms with Crippen LogP contribution >= 0.6 is 0 Å². The molecule has 1 atom stereocenters. The van der Waals surface area contributed by atoms with E-state index in [-0.39, 0.29) is 0 Å². The van der Waals surface area contributed by atoms with Crippen molar-refractivity contribution in [3.8, 4) is 0 Å². The summed E-state index contributed by atoms with van der Waals surface area (Å²) in [4.78, 5) is 2.46. The summed E-state index contributed by atoms with van der Waals surface area (Å²) in [5, 5.41) is 0. The Bertz CT molecular complexity index is 324. The smallest absolute Gasteiger partial charge is 0.0615 e. The highest BCUT2D eigenvalue weighted by Crippen LogP contribution is 2.09. The molecular weight excluding hydrogens is 224 g/mol. The molecule has 0 bridgehead atoms. The molecule has 3 heteroatoms. The number of aryl methyl sites for hydroxylation is 1. The Labute approximate surface area is 111 Å². The van der Waals surface area contributed by atoms with Crippen LogP contribution in [0.5, 0.6) is 0 Å². The van der Waals surface area contributed by atoms with Crippen molar-refractivity contribution in [2.24, 2.45) is 0 Å². The molecule has 3 nitrogen and oxygen atoms in total.